The Morgan fingerprint density at radius 1 is 0.404 bits per heavy atom. The summed E-state index contributed by atoms with van der Waals surface area (Å²) in [4.78, 5) is 16.3. The first-order valence-electron chi connectivity index (χ1n) is 15.7. The molecule has 3 heterocycles. The topological polar surface area (TPSA) is 38.7 Å². The lowest BCUT2D eigenvalue weighted by atomic mass is 9.92. The van der Waals surface area contributed by atoms with Gasteiger partial charge in [0.05, 0.1) is 11.4 Å². The maximum absolute atomic E-state index is 5.24. The fraction of sp³-hybridized carbons (Fsp3) is 0. The minimum Gasteiger partial charge on any atom is -0.245 e. The van der Waals surface area contributed by atoms with E-state index in [0.29, 0.717) is 5.82 Å². The molecule has 0 aliphatic carbocycles. The highest BCUT2D eigenvalue weighted by Gasteiger charge is 2.17. The lowest BCUT2D eigenvalue weighted by Gasteiger charge is -2.15. The maximum Gasteiger partial charge on any atom is 0.160 e. The van der Waals surface area contributed by atoms with Crippen molar-refractivity contribution >= 4 is 42.4 Å². The zero-order valence-electron chi connectivity index (χ0n) is 25.3. The van der Waals surface area contributed by atoms with Crippen molar-refractivity contribution in [1.29, 1.82) is 0 Å². The molecule has 0 bridgehead atoms. The van der Waals surface area contributed by atoms with Gasteiger partial charge in [0.2, 0.25) is 0 Å². The predicted molar refractivity (Wildman–Crippen MR) is 197 cm³/mol. The van der Waals surface area contributed by atoms with Crippen LogP contribution in [-0.4, -0.2) is 15.0 Å². The van der Waals surface area contributed by atoms with Crippen molar-refractivity contribution in [2.45, 2.75) is 0 Å². The largest absolute Gasteiger partial charge is 0.245 e. The van der Waals surface area contributed by atoms with Crippen LogP contribution in [0.2, 0.25) is 0 Å². The summed E-state index contributed by atoms with van der Waals surface area (Å²) in [7, 11) is 0. The summed E-state index contributed by atoms with van der Waals surface area (Å²) in [6.45, 7) is 0. The van der Waals surface area contributed by atoms with Crippen LogP contribution in [-0.2, 0) is 0 Å². The molecule has 0 saturated carbocycles. The van der Waals surface area contributed by atoms with Crippen LogP contribution < -0.4 is 0 Å². The molecular weight excluding hydrogens is 591 g/mol. The van der Waals surface area contributed by atoms with Gasteiger partial charge in [-0.25, -0.2) is 15.0 Å². The lowest BCUT2D eigenvalue weighted by Crippen LogP contribution is -1.97. The van der Waals surface area contributed by atoms with Crippen molar-refractivity contribution < 1.29 is 0 Å². The predicted octanol–water partition coefficient (Wildman–Crippen LogP) is 11.7. The molecule has 0 radical (unpaired) electrons. The molecule has 0 amide bonds. The van der Waals surface area contributed by atoms with Crippen molar-refractivity contribution in [2.24, 2.45) is 0 Å². The fourth-order valence-electron chi connectivity index (χ4n) is 6.37. The lowest BCUT2D eigenvalue weighted by molar-refractivity contribution is 1.18. The molecule has 0 aliphatic rings. The van der Waals surface area contributed by atoms with Gasteiger partial charge in [0.1, 0.15) is 4.83 Å². The van der Waals surface area contributed by atoms with Gasteiger partial charge in [0.25, 0.3) is 0 Å². The molecule has 9 rings (SSSR count). The summed E-state index contributed by atoms with van der Waals surface area (Å²) in [5, 5.41) is 4.85. The number of rotatable bonds is 5. The summed E-state index contributed by atoms with van der Waals surface area (Å²) in [5.41, 5.74) is 9.24. The molecule has 3 nitrogen and oxygen atoms in total. The van der Waals surface area contributed by atoms with Gasteiger partial charge in [-0.05, 0) is 57.8 Å². The molecule has 6 aromatic carbocycles. The molecule has 9 aromatic rings. The van der Waals surface area contributed by atoms with E-state index in [4.69, 9.17) is 15.0 Å². The summed E-state index contributed by atoms with van der Waals surface area (Å²) in [5.74, 6) is 0.696. The molecule has 220 valence electrons. The Balaban J connectivity index is 1.30. The smallest absolute Gasteiger partial charge is 0.160 e. The van der Waals surface area contributed by atoms with Crippen LogP contribution in [0, 0.1) is 0 Å². The second-order valence-electron chi connectivity index (χ2n) is 11.7. The van der Waals surface area contributed by atoms with E-state index in [1.165, 1.54) is 26.2 Å². The van der Waals surface area contributed by atoms with Crippen molar-refractivity contribution in [3.63, 3.8) is 0 Å². The Hall–Kier alpha value is -5.97. The number of aromatic nitrogens is 3. The molecule has 0 atom stereocenters. The molecule has 0 N–H and O–H groups in total. The molecule has 3 aromatic heterocycles. The number of pyridine rings is 1. The van der Waals surface area contributed by atoms with Crippen molar-refractivity contribution in [2.75, 3.05) is 0 Å². The van der Waals surface area contributed by atoms with Crippen LogP contribution in [0.3, 0.4) is 0 Å². The second kappa shape index (κ2) is 11.4. The summed E-state index contributed by atoms with van der Waals surface area (Å²) in [6.07, 6.45) is 2.00. The maximum atomic E-state index is 5.24. The van der Waals surface area contributed by atoms with Crippen LogP contribution >= 0.6 is 11.3 Å². The Morgan fingerprint density at radius 2 is 1.09 bits per heavy atom. The number of thiophene rings is 1. The third kappa shape index (κ3) is 5.05. The summed E-state index contributed by atoms with van der Waals surface area (Å²) < 4.78 is 1.25. The number of benzene rings is 6. The zero-order chi connectivity index (χ0) is 31.2. The number of fused-ring (bicyclic) bond motifs is 4. The molecule has 0 fully saturated rings. The fourth-order valence-corrected chi connectivity index (χ4v) is 7.40. The van der Waals surface area contributed by atoms with Crippen molar-refractivity contribution in [3.8, 4) is 56.2 Å². The van der Waals surface area contributed by atoms with Gasteiger partial charge in [0.15, 0.2) is 5.82 Å². The summed E-state index contributed by atoms with van der Waals surface area (Å²) in [6, 6.07) is 55.4. The average molecular weight is 618 g/mol. The third-order valence-corrected chi connectivity index (χ3v) is 9.85. The highest BCUT2D eigenvalue weighted by Crippen LogP contribution is 2.40. The third-order valence-electron chi connectivity index (χ3n) is 8.75. The Morgan fingerprint density at radius 3 is 1.94 bits per heavy atom. The van der Waals surface area contributed by atoms with Gasteiger partial charge < -0.3 is 0 Å². The standard InChI is InChI=1S/C43H27N3S/c1-3-12-29(13-4-1)39-26-40(46-42(45-39)30-14-5-2-6-15-30)37-24-33(32-20-19-28-11-7-8-16-31(28)23-32)21-22-35(37)34-25-38-36-17-9-10-18-41(36)47-43(38)44-27-34/h1-27H. The monoisotopic (exact) mass is 617 g/mol. The van der Waals surface area contributed by atoms with E-state index in [1.54, 1.807) is 11.3 Å². The van der Waals surface area contributed by atoms with E-state index in [0.717, 1.165) is 55.2 Å². The van der Waals surface area contributed by atoms with E-state index >= 15 is 0 Å². The molecule has 0 spiro atoms. The van der Waals surface area contributed by atoms with Crippen molar-refractivity contribution in [1.82, 2.24) is 15.0 Å². The van der Waals surface area contributed by atoms with Crippen molar-refractivity contribution in [3.05, 3.63) is 164 Å². The van der Waals surface area contributed by atoms with Gasteiger partial charge in [-0.2, -0.15) is 0 Å². The molecule has 0 saturated heterocycles. The van der Waals surface area contributed by atoms with Gasteiger partial charge >= 0.3 is 0 Å². The van der Waals surface area contributed by atoms with Gasteiger partial charge in [-0.3, -0.25) is 0 Å². The Labute approximate surface area is 276 Å². The molecule has 47 heavy (non-hydrogen) atoms. The van der Waals surface area contributed by atoms with Crippen LogP contribution in [0.4, 0.5) is 0 Å². The summed E-state index contributed by atoms with van der Waals surface area (Å²) >= 11 is 1.73. The van der Waals surface area contributed by atoms with E-state index in [-0.39, 0.29) is 0 Å². The van der Waals surface area contributed by atoms with E-state index in [1.807, 2.05) is 30.5 Å². The number of hydrogen-bond acceptors (Lipinski definition) is 4. The minimum absolute atomic E-state index is 0.696. The van der Waals surface area contributed by atoms with Crippen LogP contribution in [0.1, 0.15) is 0 Å². The molecular formula is C43H27N3S. The van der Waals surface area contributed by atoms with Gasteiger partial charge in [-0.15, -0.1) is 11.3 Å². The Kier molecular flexibility index (Phi) is 6.65. The first-order chi connectivity index (χ1) is 23.3. The zero-order valence-corrected chi connectivity index (χ0v) is 26.2. The second-order valence-corrected chi connectivity index (χ2v) is 12.7. The first-order valence-corrected chi connectivity index (χ1v) is 16.5. The SMILES string of the molecule is c1ccc(-c2cc(-c3cc(-c4ccc5ccccc5c4)ccc3-c3cnc4sc5ccccc5c4c3)nc(-c3ccccc3)n2)cc1. The Bertz CT molecular complexity index is 2510. The number of hydrogen-bond donors (Lipinski definition) is 0. The van der Waals surface area contributed by atoms with Crippen LogP contribution in [0.25, 0.3) is 87.2 Å². The van der Waals surface area contributed by atoms with Gasteiger partial charge in [0, 0.05) is 43.9 Å². The van der Waals surface area contributed by atoms with E-state index in [9.17, 15) is 0 Å². The van der Waals surface area contributed by atoms with Crippen LogP contribution in [0.15, 0.2) is 164 Å². The molecule has 0 unspecified atom stereocenters. The minimum atomic E-state index is 0.696. The highest BCUT2D eigenvalue weighted by molar-refractivity contribution is 7.25. The van der Waals surface area contributed by atoms with E-state index in [2.05, 4.69) is 133 Å². The quantitative estimate of drug-likeness (QED) is 0.193. The molecule has 0 aliphatic heterocycles. The molecule has 4 heteroatoms. The normalized spacial score (nSPS) is 11.4. The van der Waals surface area contributed by atoms with E-state index < -0.39 is 0 Å². The first kappa shape index (κ1) is 27.3. The average Bonchev–Trinajstić information content (AvgIpc) is 3.53. The number of nitrogens with zero attached hydrogens (tertiary/aromatic N) is 3. The highest BCUT2D eigenvalue weighted by atomic mass is 32.1. The van der Waals surface area contributed by atoms with Gasteiger partial charge in [-0.1, -0.05) is 127 Å². The van der Waals surface area contributed by atoms with Crippen LogP contribution in [0.5, 0.6) is 0 Å².